The summed E-state index contributed by atoms with van der Waals surface area (Å²) in [7, 11) is 0. The summed E-state index contributed by atoms with van der Waals surface area (Å²) in [6, 6.07) is 14.9. The number of nitrogens with zero attached hydrogens (tertiary/aromatic N) is 2. The van der Waals surface area contributed by atoms with Gasteiger partial charge in [0, 0.05) is 19.1 Å². The molecule has 2 amide bonds. The zero-order chi connectivity index (χ0) is 19.8. The largest absolute Gasteiger partial charge is 0.351 e. The Hall–Kier alpha value is -2.69. The molecule has 27 heavy (non-hydrogen) atoms. The number of nitrogens with one attached hydrogen (secondary N) is 1. The first kappa shape index (κ1) is 20.6. The maximum Gasteiger partial charge on any atom is 0.273 e. The number of benzene rings is 1. The van der Waals surface area contributed by atoms with Gasteiger partial charge in [0.15, 0.2) is 0 Å². The van der Waals surface area contributed by atoms with E-state index in [2.05, 4.69) is 24.1 Å². The summed E-state index contributed by atoms with van der Waals surface area (Å²) in [4.78, 5) is 31.4. The van der Waals surface area contributed by atoms with Crippen molar-refractivity contribution in [1.82, 2.24) is 15.2 Å². The highest BCUT2D eigenvalue weighted by molar-refractivity contribution is 5.96. The molecule has 5 heteroatoms. The molecule has 2 aromatic rings. The summed E-state index contributed by atoms with van der Waals surface area (Å²) in [5.74, 6) is 0.0962. The number of hydrogen-bond donors (Lipinski definition) is 1. The minimum atomic E-state index is -0.246. The van der Waals surface area contributed by atoms with Crippen molar-refractivity contribution in [2.45, 2.75) is 46.7 Å². The first-order valence-electron chi connectivity index (χ1n) is 9.48. The molecule has 0 fully saturated rings. The van der Waals surface area contributed by atoms with E-state index in [4.69, 9.17) is 0 Å². The van der Waals surface area contributed by atoms with Gasteiger partial charge in [0.1, 0.15) is 11.4 Å². The van der Waals surface area contributed by atoms with E-state index >= 15 is 0 Å². The van der Waals surface area contributed by atoms with Crippen molar-refractivity contribution in [3.63, 3.8) is 0 Å². The van der Waals surface area contributed by atoms with Crippen molar-refractivity contribution in [2.75, 3.05) is 6.54 Å². The predicted molar refractivity (Wildman–Crippen MR) is 107 cm³/mol. The Morgan fingerprint density at radius 3 is 2.26 bits per heavy atom. The lowest BCUT2D eigenvalue weighted by Gasteiger charge is -2.26. The normalized spacial score (nSPS) is 10.9. The van der Waals surface area contributed by atoms with Gasteiger partial charge in [-0.25, -0.2) is 4.98 Å². The van der Waals surface area contributed by atoms with Crippen molar-refractivity contribution in [3.8, 4) is 0 Å². The first-order valence-corrected chi connectivity index (χ1v) is 9.48. The van der Waals surface area contributed by atoms with E-state index in [1.54, 1.807) is 23.1 Å². The fraction of sp³-hybridized carbons (Fsp3) is 0.409. The SMILES string of the molecule is CC(C)CCNC(=O)c1cccc(C(=O)N(Cc2ccccc2)C(C)C)n1. The molecule has 0 aliphatic carbocycles. The fourth-order valence-corrected chi connectivity index (χ4v) is 2.66. The van der Waals surface area contributed by atoms with Crippen LogP contribution in [0.15, 0.2) is 48.5 Å². The standard InChI is InChI=1S/C22H29N3O2/c1-16(2)13-14-23-21(26)19-11-8-12-20(24-19)22(27)25(17(3)4)15-18-9-6-5-7-10-18/h5-12,16-17H,13-15H2,1-4H3,(H,23,26). The van der Waals surface area contributed by atoms with Crippen LogP contribution in [0.1, 0.15) is 60.7 Å². The Morgan fingerprint density at radius 2 is 1.63 bits per heavy atom. The van der Waals surface area contributed by atoms with Gasteiger partial charge in [0.25, 0.3) is 11.8 Å². The van der Waals surface area contributed by atoms with Crippen LogP contribution in [-0.2, 0) is 6.54 Å². The number of pyridine rings is 1. The zero-order valence-electron chi connectivity index (χ0n) is 16.6. The molecule has 0 aliphatic heterocycles. The molecule has 2 rings (SSSR count). The second-order valence-electron chi connectivity index (χ2n) is 7.36. The maximum absolute atomic E-state index is 13.0. The second kappa shape index (κ2) is 9.86. The number of rotatable bonds is 8. The molecule has 1 aromatic heterocycles. The lowest BCUT2D eigenvalue weighted by atomic mass is 10.1. The quantitative estimate of drug-likeness (QED) is 0.769. The minimum absolute atomic E-state index is 0.0167. The van der Waals surface area contributed by atoms with Gasteiger partial charge < -0.3 is 10.2 Å². The number of hydrogen-bond acceptors (Lipinski definition) is 3. The number of carbonyl (C=O) groups is 2. The highest BCUT2D eigenvalue weighted by Gasteiger charge is 2.21. The van der Waals surface area contributed by atoms with E-state index in [0.29, 0.717) is 19.0 Å². The molecular weight excluding hydrogens is 338 g/mol. The van der Waals surface area contributed by atoms with Crippen molar-refractivity contribution in [2.24, 2.45) is 5.92 Å². The van der Waals surface area contributed by atoms with Crippen molar-refractivity contribution in [3.05, 3.63) is 65.5 Å². The van der Waals surface area contributed by atoms with Crippen LogP contribution in [0.25, 0.3) is 0 Å². The predicted octanol–water partition coefficient (Wildman–Crippen LogP) is 3.91. The van der Waals surface area contributed by atoms with Crippen LogP contribution < -0.4 is 5.32 Å². The lowest BCUT2D eigenvalue weighted by molar-refractivity contribution is 0.0684. The van der Waals surface area contributed by atoms with E-state index in [-0.39, 0.29) is 29.2 Å². The van der Waals surface area contributed by atoms with Crippen LogP contribution >= 0.6 is 0 Å². The molecular formula is C22H29N3O2. The Balaban J connectivity index is 2.13. The van der Waals surface area contributed by atoms with Crippen molar-refractivity contribution >= 4 is 11.8 Å². The van der Waals surface area contributed by atoms with Gasteiger partial charge in [0.05, 0.1) is 0 Å². The van der Waals surface area contributed by atoms with Gasteiger partial charge in [-0.05, 0) is 43.9 Å². The first-order chi connectivity index (χ1) is 12.9. The lowest BCUT2D eigenvalue weighted by Crippen LogP contribution is -2.37. The van der Waals surface area contributed by atoms with Gasteiger partial charge in [-0.3, -0.25) is 9.59 Å². The third kappa shape index (κ3) is 6.20. The van der Waals surface area contributed by atoms with Gasteiger partial charge in [-0.2, -0.15) is 0 Å². The van der Waals surface area contributed by atoms with E-state index in [0.717, 1.165) is 12.0 Å². The van der Waals surface area contributed by atoms with E-state index in [1.807, 2.05) is 44.2 Å². The smallest absolute Gasteiger partial charge is 0.273 e. The summed E-state index contributed by atoms with van der Waals surface area (Å²) in [5.41, 5.74) is 1.62. The highest BCUT2D eigenvalue weighted by atomic mass is 16.2. The average molecular weight is 367 g/mol. The van der Waals surface area contributed by atoms with E-state index in [1.165, 1.54) is 0 Å². The number of amides is 2. The minimum Gasteiger partial charge on any atom is -0.351 e. The van der Waals surface area contributed by atoms with Gasteiger partial charge in [-0.15, -0.1) is 0 Å². The topological polar surface area (TPSA) is 62.3 Å². The van der Waals surface area contributed by atoms with Crippen LogP contribution in [0, 0.1) is 5.92 Å². The molecule has 0 saturated heterocycles. The third-order valence-corrected chi connectivity index (χ3v) is 4.29. The van der Waals surface area contributed by atoms with Crippen LogP contribution in [0.2, 0.25) is 0 Å². The van der Waals surface area contributed by atoms with Crippen molar-refractivity contribution < 1.29 is 9.59 Å². The maximum atomic E-state index is 13.0. The Morgan fingerprint density at radius 1 is 0.963 bits per heavy atom. The summed E-state index contributed by atoms with van der Waals surface area (Å²) < 4.78 is 0. The molecule has 0 bridgehead atoms. The average Bonchev–Trinajstić information content (AvgIpc) is 2.66. The molecule has 1 aromatic carbocycles. The summed E-state index contributed by atoms with van der Waals surface area (Å²) in [6.07, 6.45) is 0.905. The molecule has 1 heterocycles. The van der Waals surface area contributed by atoms with Gasteiger partial charge in [0.2, 0.25) is 0 Å². The Labute approximate surface area is 161 Å². The summed E-state index contributed by atoms with van der Waals surface area (Å²) >= 11 is 0. The third-order valence-electron chi connectivity index (χ3n) is 4.29. The van der Waals surface area contributed by atoms with Crippen LogP contribution in [0.4, 0.5) is 0 Å². The number of aromatic nitrogens is 1. The Bertz CT molecular complexity index is 757. The molecule has 5 nitrogen and oxygen atoms in total. The molecule has 144 valence electrons. The molecule has 0 spiro atoms. The molecule has 0 unspecified atom stereocenters. The molecule has 0 radical (unpaired) electrons. The molecule has 0 saturated carbocycles. The second-order valence-corrected chi connectivity index (χ2v) is 7.36. The van der Waals surface area contributed by atoms with E-state index in [9.17, 15) is 9.59 Å². The molecule has 1 N–H and O–H groups in total. The molecule has 0 atom stereocenters. The number of carbonyl (C=O) groups excluding carboxylic acids is 2. The molecule has 0 aliphatic rings. The van der Waals surface area contributed by atoms with Crippen LogP contribution in [-0.4, -0.2) is 34.3 Å². The van der Waals surface area contributed by atoms with E-state index < -0.39 is 0 Å². The zero-order valence-corrected chi connectivity index (χ0v) is 16.6. The monoisotopic (exact) mass is 367 g/mol. The fourth-order valence-electron chi connectivity index (χ4n) is 2.66. The summed E-state index contributed by atoms with van der Waals surface area (Å²) in [5, 5.41) is 2.86. The highest BCUT2D eigenvalue weighted by Crippen LogP contribution is 2.13. The van der Waals surface area contributed by atoms with Crippen LogP contribution in [0.3, 0.4) is 0 Å². The van der Waals surface area contributed by atoms with Gasteiger partial charge >= 0.3 is 0 Å². The van der Waals surface area contributed by atoms with Crippen molar-refractivity contribution in [1.29, 1.82) is 0 Å². The van der Waals surface area contributed by atoms with Crippen LogP contribution in [0.5, 0.6) is 0 Å². The Kier molecular flexibility index (Phi) is 7.53. The van der Waals surface area contributed by atoms with Gasteiger partial charge in [-0.1, -0.05) is 50.2 Å². The summed E-state index contributed by atoms with van der Waals surface area (Å²) in [6.45, 7) is 9.27.